The lowest BCUT2D eigenvalue weighted by Gasteiger charge is -2.10. The van der Waals surface area contributed by atoms with Gasteiger partial charge in [-0.05, 0) is 48.6 Å². The minimum Gasteiger partial charge on any atom is -0.310 e. The van der Waals surface area contributed by atoms with Crippen LogP contribution in [0.4, 0.5) is 0 Å². The second-order valence-electron chi connectivity index (χ2n) is 5.00. The van der Waals surface area contributed by atoms with Crippen LogP contribution in [0, 0.1) is 6.92 Å². The molecular weight excluding hydrogens is 220 g/mol. The van der Waals surface area contributed by atoms with Crippen molar-refractivity contribution in [2.24, 2.45) is 0 Å². The molecule has 1 aliphatic carbocycles. The van der Waals surface area contributed by atoms with Gasteiger partial charge in [-0.3, -0.25) is 4.98 Å². The van der Waals surface area contributed by atoms with E-state index in [1.165, 1.54) is 29.5 Å². The summed E-state index contributed by atoms with van der Waals surface area (Å²) in [5, 5.41) is 3.58. The Hall–Kier alpha value is -1.67. The first kappa shape index (κ1) is 11.4. The quantitative estimate of drug-likeness (QED) is 0.884. The van der Waals surface area contributed by atoms with E-state index >= 15 is 0 Å². The SMILES string of the molecule is Cc1cc(-c2ccccc2CNC2CC2)ccn1. The zero-order valence-corrected chi connectivity index (χ0v) is 10.7. The Kier molecular flexibility index (Phi) is 3.11. The third kappa shape index (κ3) is 2.59. The number of nitrogens with zero attached hydrogens (tertiary/aromatic N) is 1. The van der Waals surface area contributed by atoms with Gasteiger partial charge in [0.05, 0.1) is 0 Å². The van der Waals surface area contributed by atoms with Gasteiger partial charge in [-0.25, -0.2) is 0 Å². The molecule has 1 fully saturated rings. The molecule has 2 nitrogen and oxygen atoms in total. The number of benzene rings is 1. The number of hydrogen-bond acceptors (Lipinski definition) is 2. The van der Waals surface area contributed by atoms with Gasteiger partial charge in [0.1, 0.15) is 0 Å². The molecule has 0 bridgehead atoms. The Labute approximate surface area is 108 Å². The van der Waals surface area contributed by atoms with E-state index < -0.39 is 0 Å². The van der Waals surface area contributed by atoms with E-state index in [1.54, 1.807) is 0 Å². The summed E-state index contributed by atoms with van der Waals surface area (Å²) in [6, 6.07) is 13.6. The van der Waals surface area contributed by atoms with Gasteiger partial charge >= 0.3 is 0 Å². The number of aryl methyl sites for hydroxylation is 1. The Morgan fingerprint density at radius 2 is 2.06 bits per heavy atom. The van der Waals surface area contributed by atoms with Gasteiger partial charge in [0.25, 0.3) is 0 Å². The van der Waals surface area contributed by atoms with Crippen LogP contribution in [-0.4, -0.2) is 11.0 Å². The normalized spacial score (nSPS) is 14.7. The average molecular weight is 238 g/mol. The molecular formula is C16H18N2. The van der Waals surface area contributed by atoms with E-state index in [9.17, 15) is 0 Å². The van der Waals surface area contributed by atoms with Crippen molar-refractivity contribution in [3.63, 3.8) is 0 Å². The smallest absolute Gasteiger partial charge is 0.0378 e. The molecule has 2 heteroatoms. The summed E-state index contributed by atoms with van der Waals surface area (Å²) < 4.78 is 0. The maximum absolute atomic E-state index is 4.26. The van der Waals surface area contributed by atoms with Crippen LogP contribution < -0.4 is 5.32 Å². The topological polar surface area (TPSA) is 24.9 Å². The van der Waals surface area contributed by atoms with E-state index in [-0.39, 0.29) is 0 Å². The molecule has 3 rings (SSSR count). The number of hydrogen-bond donors (Lipinski definition) is 1. The number of rotatable bonds is 4. The summed E-state index contributed by atoms with van der Waals surface area (Å²) >= 11 is 0. The molecule has 1 heterocycles. The van der Waals surface area contributed by atoms with Crippen molar-refractivity contribution in [2.75, 3.05) is 0 Å². The molecule has 2 aromatic rings. The molecule has 1 saturated carbocycles. The fraction of sp³-hybridized carbons (Fsp3) is 0.312. The Bertz CT molecular complexity index is 544. The minimum absolute atomic E-state index is 0.747. The van der Waals surface area contributed by atoms with Crippen LogP contribution in [0.25, 0.3) is 11.1 Å². The summed E-state index contributed by atoms with van der Waals surface area (Å²) in [4.78, 5) is 4.26. The molecule has 0 spiro atoms. The largest absolute Gasteiger partial charge is 0.310 e. The van der Waals surface area contributed by atoms with Gasteiger partial charge in [0.2, 0.25) is 0 Å². The van der Waals surface area contributed by atoms with Crippen LogP contribution in [0.1, 0.15) is 24.1 Å². The van der Waals surface area contributed by atoms with E-state index in [0.29, 0.717) is 0 Å². The maximum Gasteiger partial charge on any atom is 0.0378 e. The molecule has 0 unspecified atom stereocenters. The highest BCUT2D eigenvalue weighted by Gasteiger charge is 2.20. The van der Waals surface area contributed by atoms with Crippen LogP contribution in [0.15, 0.2) is 42.6 Å². The van der Waals surface area contributed by atoms with Crippen molar-refractivity contribution in [2.45, 2.75) is 32.4 Å². The van der Waals surface area contributed by atoms with Gasteiger partial charge in [0.15, 0.2) is 0 Å². The van der Waals surface area contributed by atoms with Gasteiger partial charge in [-0.15, -0.1) is 0 Å². The van der Waals surface area contributed by atoms with Crippen LogP contribution in [-0.2, 0) is 6.54 Å². The highest BCUT2D eigenvalue weighted by molar-refractivity contribution is 5.67. The van der Waals surface area contributed by atoms with E-state index in [1.807, 2.05) is 13.1 Å². The van der Waals surface area contributed by atoms with E-state index in [4.69, 9.17) is 0 Å². The molecule has 92 valence electrons. The van der Waals surface area contributed by atoms with E-state index in [2.05, 4.69) is 46.7 Å². The second-order valence-corrected chi connectivity index (χ2v) is 5.00. The van der Waals surface area contributed by atoms with Crippen molar-refractivity contribution in [1.82, 2.24) is 10.3 Å². The number of aromatic nitrogens is 1. The highest BCUT2D eigenvalue weighted by Crippen LogP contribution is 2.25. The monoisotopic (exact) mass is 238 g/mol. The predicted octanol–water partition coefficient (Wildman–Crippen LogP) is 3.31. The fourth-order valence-electron chi connectivity index (χ4n) is 2.21. The van der Waals surface area contributed by atoms with Gasteiger partial charge in [-0.1, -0.05) is 24.3 Å². The van der Waals surface area contributed by atoms with Gasteiger partial charge < -0.3 is 5.32 Å². The third-order valence-electron chi connectivity index (χ3n) is 3.38. The van der Waals surface area contributed by atoms with Crippen molar-refractivity contribution in [3.05, 3.63) is 53.9 Å². The maximum atomic E-state index is 4.26. The molecule has 0 radical (unpaired) electrons. The molecule has 1 aromatic heterocycles. The fourth-order valence-corrected chi connectivity index (χ4v) is 2.21. The molecule has 1 N–H and O–H groups in total. The summed E-state index contributed by atoms with van der Waals surface area (Å²) in [6.07, 6.45) is 4.54. The van der Waals surface area contributed by atoms with Crippen LogP contribution in [0.5, 0.6) is 0 Å². The summed E-state index contributed by atoms with van der Waals surface area (Å²) in [7, 11) is 0. The average Bonchev–Trinajstić information content (AvgIpc) is 3.21. The first-order valence-electron chi connectivity index (χ1n) is 6.57. The Balaban J connectivity index is 1.89. The predicted molar refractivity (Wildman–Crippen MR) is 74.3 cm³/mol. The Morgan fingerprint density at radius 1 is 1.22 bits per heavy atom. The lowest BCUT2D eigenvalue weighted by Crippen LogP contribution is -2.15. The van der Waals surface area contributed by atoms with E-state index in [0.717, 1.165) is 18.3 Å². The molecule has 1 aromatic carbocycles. The lowest BCUT2D eigenvalue weighted by atomic mass is 10.00. The highest BCUT2D eigenvalue weighted by atomic mass is 14.9. The molecule has 0 aliphatic heterocycles. The summed E-state index contributed by atoms with van der Waals surface area (Å²) in [6.45, 7) is 3.00. The lowest BCUT2D eigenvalue weighted by molar-refractivity contribution is 0.689. The molecule has 0 saturated heterocycles. The van der Waals surface area contributed by atoms with Crippen LogP contribution in [0.2, 0.25) is 0 Å². The first-order valence-corrected chi connectivity index (χ1v) is 6.57. The first-order chi connectivity index (χ1) is 8.83. The molecule has 0 amide bonds. The summed E-state index contributed by atoms with van der Waals surface area (Å²) in [5.41, 5.74) is 5.01. The van der Waals surface area contributed by atoms with Crippen LogP contribution >= 0.6 is 0 Å². The zero-order valence-electron chi connectivity index (χ0n) is 10.7. The number of pyridine rings is 1. The van der Waals surface area contributed by atoms with Gasteiger partial charge in [-0.2, -0.15) is 0 Å². The number of nitrogens with one attached hydrogen (secondary N) is 1. The zero-order chi connectivity index (χ0) is 12.4. The minimum atomic E-state index is 0.747. The van der Waals surface area contributed by atoms with Gasteiger partial charge in [0, 0.05) is 24.5 Å². The van der Waals surface area contributed by atoms with Crippen molar-refractivity contribution in [3.8, 4) is 11.1 Å². The van der Waals surface area contributed by atoms with Crippen LogP contribution in [0.3, 0.4) is 0 Å². The molecule has 18 heavy (non-hydrogen) atoms. The molecule has 0 atom stereocenters. The van der Waals surface area contributed by atoms with Crippen molar-refractivity contribution in [1.29, 1.82) is 0 Å². The second kappa shape index (κ2) is 4.91. The van der Waals surface area contributed by atoms with Crippen molar-refractivity contribution >= 4 is 0 Å². The van der Waals surface area contributed by atoms with Crippen molar-refractivity contribution < 1.29 is 0 Å². The Morgan fingerprint density at radius 3 is 2.83 bits per heavy atom. The standard InChI is InChI=1S/C16H18N2/c1-12-10-13(8-9-17-12)16-5-3-2-4-14(16)11-18-15-6-7-15/h2-5,8-10,15,18H,6-7,11H2,1H3. The molecule has 1 aliphatic rings. The summed E-state index contributed by atoms with van der Waals surface area (Å²) in [5.74, 6) is 0. The third-order valence-corrected chi connectivity index (χ3v) is 3.38.